The molecular weight excluding hydrogens is 264 g/mol. The van der Waals surface area contributed by atoms with Crippen LogP contribution in [-0.2, 0) is 14.3 Å². The van der Waals surface area contributed by atoms with Gasteiger partial charge in [-0.1, -0.05) is 25.0 Å². The van der Waals surface area contributed by atoms with Gasteiger partial charge in [0.2, 0.25) is 0 Å². The molecule has 0 bridgehead atoms. The van der Waals surface area contributed by atoms with Crippen LogP contribution in [0, 0.1) is 0 Å². The summed E-state index contributed by atoms with van der Waals surface area (Å²) in [5, 5.41) is 0. The van der Waals surface area contributed by atoms with E-state index in [1.165, 1.54) is 38.5 Å². The van der Waals surface area contributed by atoms with Gasteiger partial charge < -0.3 is 14.3 Å². The van der Waals surface area contributed by atoms with E-state index in [-0.39, 0.29) is 6.29 Å². The standard InChI is InChI=1S/C18H32O3/c19-15-11-8-6-4-2-1-3-5-7-9-12-16-20-18-14-10-13-17-21-18/h1-2,15,18H,3-14,16-17H2/b2-1-. The van der Waals surface area contributed by atoms with Crippen molar-refractivity contribution < 1.29 is 14.3 Å². The number of hydrogen-bond acceptors (Lipinski definition) is 3. The zero-order chi connectivity index (χ0) is 15.0. The summed E-state index contributed by atoms with van der Waals surface area (Å²) >= 11 is 0. The maximum absolute atomic E-state index is 10.1. The number of carbonyl (C=O) groups excluding carboxylic acids is 1. The van der Waals surface area contributed by atoms with Crippen LogP contribution >= 0.6 is 0 Å². The molecule has 0 aliphatic carbocycles. The summed E-state index contributed by atoms with van der Waals surface area (Å²) in [6.07, 6.45) is 19.2. The fraction of sp³-hybridized carbons (Fsp3) is 0.833. The summed E-state index contributed by atoms with van der Waals surface area (Å²) in [7, 11) is 0. The van der Waals surface area contributed by atoms with E-state index in [9.17, 15) is 4.79 Å². The van der Waals surface area contributed by atoms with E-state index in [1.807, 2.05) is 0 Å². The molecule has 0 N–H and O–H groups in total. The molecule has 21 heavy (non-hydrogen) atoms. The summed E-state index contributed by atoms with van der Waals surface area (Å²) in [6.45, 7) is 1.71. The third kappa shape index (κ3) is 11.6. The molecule has 1 aliphatic rings. The summed E-state index contributed by atoms with van der Waals surface area (Å²) in [4.78, 5) is 10.1. The third-order valence-electron chi connectivity index (χ3n) is 3.82. The van der Waals surface area contributed by atoms with Crippen LogP contribution in [0.2, 0.25) is 0 Å². The maximum Gasteiger partial charge on any atom is 0.157 e. The molecule has 0 amide bonds. The molecule has 0 aromatic carbocycles. The van der Waals surface area contributed by atoms with Crippen LogP contribution in [0.3, 0.4) is 0 Å². The Balaban J connectivity index is 1.75. The predicted molar refractivity (Wildman–Crippen MR) is 86.3 cm³/mol. The monoisotopic (exact) mass is 296 g/mol. The number of carbonyl (C=O) groups is 1. The molecule has 0 radical (unpaired) electrons. The number of allylic oxidation sites excluding steroid dienone is 2. The minimum absolute atomic E-state index is 0.0703. The van der Waals surface area contributed by atoms with Crippen LogP contribution in [0.5, 0.6) is 0 Å². The fourth-order valence-corrected chi connectivity index (χ4v) is 2.50. The Morgan fingerprint density at radius 1 is 0.905 bits per heavy atom. The van der Waals surface area contributed by atoms with Crippen molar-refractivity contribution >= 4 is 6.29 Å². The van der Waals surface area contributed by atoms with Gasteiger partial charge >= 0.3 is 0 Å². The van der Waals surface area contributed by atoms with Gasteiger partial charge in [-0.2, -0.15) is 0 Å². The fourth-order valence-electron chi connectivity index (χ4n) is 2.50. The summed E-state index contributed by atoms with van der Waals surface area (Å²) in [5.74, 6) is 0. The maximum atomic E-state index is 10.1. The molecule has 122 valence electrons. The van der Waals surface area contributed by atoms with Crippen molar-refractivity contribution in [3.63, 3.8) is 0 Å². The van der Waals surface area contributed by atoms with Gasteiger partial charge in [0.05, 0.1) is 0 Å². The van der Waals surface area contributed by atoms with Gasteiger partial charge in [0.15, 0.2) is 6.29 Å². The van der Waals surface area contributed by atoms with Crippen molar-refractivity contribution in [2.45, 2.75) is 83.3 Å². The first-order valence-corrected chi connectivity index (χ1v) is 8.75. The predicted octanol–water partition coefficient (Wildman–Crippen LogP) is 4.80. The van der Waals surface area contributed by atoms with E-state index in [1.54, 1.807) is 0 Å². The van der Waals surface area contributed by atoms with Crippen LogP contribution < -0.4 is 0 Å². The second-order valence-electron chi connectivity index (χ2n) is 5.79. The number of rotatable bonds is 13. The molecule has 3 nitrogen and oxygen atoms in total. The van der Waals surface area contributed by atoms with E-state index in [0.29, 0.717) is 6.42 Å². The molecule has 1 rings (SSSR count). The van der Waals surface area contributed by atoms with Crippen molar-refractivity contribution in [1.82, 2.24) is 0 Å². The summed E-state index contributed by atoms with van der Waals surface area (Å²) in [5.41, 5.74) is 0. The minimum Gasteiger partial charge on any atom is -0.353 e. The average molecular weight is 296 g/mol. The smallest absolute Gasteiger partial charge is 0.157 e. The molecule has 1 atom stereocenters. The molecule has 1 heterocycles. The third-order valence-corrected chi connectivity index (χ3v) is 3.82. The molecule has 0 aromatic rings. The zero-order valence-electron chi connectivity index (χ0n) is 13.4. The highest BCUT2D eigenvalue weighted by molar-refractivity contribution is 5.48. The van der Waals surface area contributed by atoms with Gasteiger partial charge in [0.1, 0.15) is 6.29 Å². The van der Waals surface area contributed by atoms with Crippen molar-refractivity contribution in [3.8, 4) is 0 Å². The first kappa shape index (κ1) is 18.4. The Morgan fingerprint density at radius 2 is 1.62 bits per heavy atom. The molecule has 1 aliphatic heterocycles. The molecule has 1 saturated heterocycles. The van der Waals surface area contributed by atoms with Crippen LogP contribution in [0.25, 0.3) is 0 Å². The minimum atomic E-state index is 0.0703. The van der Waals surface area contributed by atoms with Gasteiger partial charge in [-0.05, 0) is 57.8 Å². The molecule has 0 spiro atoms. The lowest BCUT2D eigenvalue weighted by Gasteiger charge is -2.22. The highest BCUT2D eigenvalue weighted by Gasteiger charge is 2.13. The van der Waals surface area contributed by atoms with Crippen LogP contribution in [0.15, 0.2) is 12.2 Å². The van der Waals surface area contributed by atoms with E-state index in [0.717, 1.165) is 51.6 Å². The second-order valence-corrected chi connectivity index (χ2v) is 5.79. The Hall–Kier alpha value is -0.670. The average Bonchev–Trinajstić information content (AvgIpc) is 2.53. The highest BCUT2D eigenvalue weighted by atomic mass is 16.7. The molecule has 0 aromatic heterocycles. The largest absolute Gasteiger partial charge is 0.353 e. The number of unbranched alkanes of at least 4 members (excludes halogenated alkanes) is 7. The lowest BCUT2D eigenvalue weighted by atomic mass is 10.1. The molecule has 1 unspecified atom stereocenters. The molecule has 0 saturated carbocycles. The molecule has 3 heteroatoms. The van der Waals surface area contributed by atoms with Crippen LogP contribution in [-0.4, -0.2) is 25.8 Å². The number of hydrogen-bond donors (Lipinski definition) is 0. The SMILES string of the molecule is O=CCCCC/C=C\CCCCCCOC1CCCCO1. The van der Waals surface area contributed by atoms with Crippen molar-refractivity contribution in [1.29, 1.82) is 0 Å². The van der Waals surface area contributed by atoms with Gasteiger partial charge in [0, 0.05) is 19.6 Å². The van der Waals surface area contributed by atoms with E-state index < -0.39 is 0 Å². The Morgan fingerprint density at radius 3 is 2.33 bits per heavy atom. The number of ether oxygens (including phenoxy) is 2. The Bertz CT molecular complexity index is 257. The lowest BCUT2D eigenvalue weighted by molar-refractivity contribution is -0.162. The quantitative estimate of drug-likeness (QED) is 0.278. The first-order valence-electron chi connectivity index (χ1n) is 8.75. The Kier molecular flexibility index (Phi) is 12.5. The van der Waals surface area contributed by atoms with Gasteiger partial charge in [-0.3, -0.25) is 0 Å². The molecular formula is C18H32O3. The normalized spacial score (nSPS) is 19.1. The van der Waals surface area contributed by atoms with Crippen LogP contribution in [0.4, 0.5) is 0 Å². The van der Waals surface area contributed by atoms with E-state index in [2.05, 4.69) is 12.2 Å². The van der Waals surface area contributed by atoms with E-state index in [4.69, 9.17) is 9.47 Å². The second kappa shape index (κ2) is 14.3. The number of aldehydes is 1. The van der Waals surface area contributed by atoms with Crippen molar-refractivity contribution in [2.75, 3.05) is 13.2 Å². The first-order chi connectivity index (χ1) is 10.4. The summed E-state index contributed by atoms with van der Waals surface area (Å²) < 4.78 is 11.2. The lowest BCUT2D eigenvalue weighted by Crippen LogP contribution is -2.22. The Labute approximate surface area is 130 Å². The highest BCUT2D eigenvalue weighted by Crippen LogP contribution is 2.14. The van der Waals surface area contributed by atoms with Gasteiger partial charge in [-0.15, -0.1) is 0 Å². The zero-order valence-corrected chi connectivity index (χ0v) is 13.4. The van der Waals surface area contributed by atoms with Gasteiger partial charge in [0.25, 0.3) is 0 Å². The van der Waals surface area contributed by atoms with Crippen molar-refractivity contribution in [2.24, 2.45) is 0 Å². The topological polar surface area (TPSA) is 35.5 Å². The van der Waals surface area contributed by atoms with Gasteiger partial charge in [-0.25, -0.2) is 0 Å². The van der Waals surface area contributed by atoms with E-state index >= 15 is 0 Å². The molecule has 1 fully saturated rings. The van der Waals surface area contributed by atoms with Crippen molar-refractivity contribution in [3.05, 3.63) is 12.2 Å². The van der Waals surface area contributed by atoms with Crippen LogP contribution in [0.1, 0.15) is 77.0 Å². The summed E-state index contributed by atoms with van der Waals surface area (Å²) in [6, 6.07) is 0.